The summed E-state index contributed by atoms with van der Waals surface area (Å²) >= 11 is 0. The molecule has 0 radical (unpaired) electrons. The highest BCUT2D eigenvalue weighted by atomic mass is 35.5. The van der Waals surface area contributed by atoms with E-state index in [1.54, 1.807) is 24.3 Å². The van der Waals surface area contributed by atoms with Crippen LogP contribution in [-0.4, -0.2) is 34.8 Å². The van der Waals surface area contributed by atoms with E-state index in [-0.39, 0.29) is 48.4 Å². The van der Waals surface area contributed by atoms with Gasteiger partial charge in [0.2, 0.25) is 5.91 Å². The van der Waals surface area contributed by atoms with Crippen molar-refractivity contribution in [2.24, 2.45) is 5.92 Å². The molecule has 2 unspecified atom stereocenters. The molecule has 3 rings (SSSR count). The number of aryl methyl sites for hydroxylation is 1. The lowest BCUT2D eigenvalue weighted by molar-refractivity contribution is -0.122. The Morgan fingerprint density at radius 3 is 2.72 bits per heavy atom. The molecule has 3 N–H and O–H groups in total. The van der Waals surface area contributed by atoms with Crippen molar-refractivity contribution in [2.75, 3.05) is 13.1 Å². The number of carbonyl (C=O) groups is 1. The summed E-state index contributed by atoms with van der Waals surface area (Å²) in [6.45, 7) is 4.04. The van der Waals surface area contributed by atoms with Crippen LogP contribution in [0.25, 0.3) is 10.8 Å². The van der Waals surface area contributed by atoms with Gasteiger partial charge >= 0.3 is 0 Å². The molecular formula is C17H23ClN4O3. The van der Waals surface area contributed by atoms with Gasteiger partial charge in [0.05, 0.1) is 17.3 Å². The predicted molar refractivity (Wildman–Crippen MR) is 99.3 cm³/mol. The molecule has 8 heteroatoms. The number of rotatable bonds is 4. The molecule has 25 heavy (non-hydrogen) atoms. The largest absolute Gasteiger partial charge is 0.353 e. The number of hydrogen-bond donors (Lipinski definition) is 3. The first-order valence-electron chi connectivity index (χ1n) is 8.28. The van der Waals surface area contributed by atoms with Crippen molar-refractivity contribution >= 4 is 29.1 Å². The monoisotopic (exact) mass is 366 g/mol. The Balaban J connectivity index is 0.00000225. The van der Waals surface area contributed by atoms with Crippen molar-refractivity contribution in [2.45, 2.75) is 32.4 Å². The molecule has 1 saturated heterocycles. The fraction of sp³-hybridized carbons (Fsp3) is 0.471. The lowest BCUT2D eigenvalue weighted by atomic mass is 9.95. The first-order chi connectivity index (χ1) is 11.6. The number of nitrogens with one attached hydrogen (secondary N) is 3. The smallest absolute Gasteiger partial charge is 0.273 e. The molecule has 1 aliphatic rings. The second kappa shape index (κ2) is 8.31. The number of H-pyrrole nitrogens is 1. The number of fused-ring (bicyclic) bond motifs is 1. The zero-order valence-corrected chi connectivity index (χ0v) is 14.9. The van der Waals surface area contributed by atoms with E-state index in [1.165, 1.54) is 4.68 Å². The van der Waals surface area contributed by atoms with Crippen molar-refractivity contribution in [3.05, 3.63) is 45.0 Å². The summed E-state index contributed by atoms with van der Waals surface area (Å²) in [5.74, 6) is 0.278. The molecule has 136 valence electrons. The van der Waals surface area contributed by atoms with Crippen LogP contribution in [0, 0.1) is 5.92 Å². The van der Waals surface area contributed by atoms with Crippen LogP contribution in [0.15, 0.2) is 33.9 Å². The van der Waals surface area contributed by atoms with Crippen molar-refractivity contribution < 1.29 is 4.79 Å². The predicted octanol–water partition coefficient (Wildman–Crippen LogP) is 0.616. The summed E-state index contributed by atoms with van der Waals surface area (Å²) in [5, 5.41) is 9.60. The lowest BCUT2D eigenvalue weighted by Gasteiger charge is -2.30. The second-order valence-electron chi connectivity index (χ2n) is 6.34. The number of piperidine rings is 1. The van der Waals surface area contributed by atoms with Gasteiger partial charge in [-0.15, -0.1) is 12.4 Å². The van der Waals surface area contributed by atoms with Gasteiger partial charge in [-0.3, -0.25) is 19.5 Å². The third kappa shape index (κ3) is 4.29. The number of halogens is 1. The lowest BCUT2D eigenvalue weighted by Crippen LogP contribution is -2.48. The summed E-state index contributed by atoms with van der Waals surface area (Å²) in [5.41, 5.74) is -0.606. The molecule has 2 aromatic rings. The molecule has 2 atom stereocenters. The molecule has 2 heterocycles. The summed E-state index contributed by atoms with van der Waals surface area (Å²) in [7, 11) is 0. The third-order valence-electron chi connectivity index (χ3n) is 4.58. The Morgan fingerprint density at radius 2 is 2.00 bits per heavy atom. The Morgan fingerprint density at radius 1 is 1.28 bits per heavy atom. The Labute approximate surface area is 151 Å². The Kier molecular flexibility index (Phi) is 6.39. The van der Waals surface area contributed by atoms with Crippen LogP contribution in [-0.2, 0) is 11.3 Å². The number of nitrogens with zero attached hydrogens (tertiary/aromatic N) is 1. The second-order valence-corrected chi connectivity index (χ2v) is 6.34. The van der Waals surface area contributed by atoms with Crippen LogP contribution in [0.1, 0.15) is 19.8 Å². The normalized spacial score (nSPS) is 20.0. The fourth-order valence-corrected chi connectivity index (χ4v) is 3.12. The molecule has 1 fully saturated rings. The minimum absolute atomic E-state index is 0. The molecule has 7 nitrogen and oxygen atoms in total. The van der Waals surface area contributed by atoms with Crippen LogP contribution >= 0.6 is 12.4 Å². The number of amides is 1. The van der Waals surface area contributed by atoms with E-state index in [0.717, 1.165) is 19.5 Å². The SMILES string of the molecule is CC1CNCCC1NC(=O)CCn1[nH]c(=O)c2ccccc2c1=O.Cl. The van der Waals surface area contributed by atoms with E-state index < -0.39 is 0 Å². The highest BCUT2D eigenvalue weighted by Crippen LogP contribution is 2.10. The van der Waals surface area contributed by atoms with E-state index in [2.05, 4.69) is 22.7 Å². The van der Waals surface area contributed by atoms with Crippen molar-refractivity contribution in [3.8, 4) is 0 Å². The maximum Gasteiger partial charge on any atom is 0.273 e. The van der Waals surface area contributed by atoms with Crippen LogP contribution in [0.4, 0.5) is 0 Å². The van der Waals surface area contributed by atoms with Crippen LogP contribution < -0.4 is 21.8 Å². The van der Waals surface area contributed by atoms with Gasteiger partial charge in [-0.25, -0.2) is 4.68 Å². The number of carbonyl (C=O) groups excluding carboxylic acids is 1. The fourth-order valence-electron chi connectivity index (χ4n) is 3.12. The van der Waals surface area contributed by atoms with Crippen LogP contribution in [0.3, 0.4) is 0 Å². The third-order valence-corrected chi connectivity index (χ3v) is 4.58. The van der Waals surface area contributed by atoms with Crippen molar-refractivity contribution in [1.82, 2.24) is 20.4 Å². The van der Waals surface area contributed by atoms with Gasteiger partial charge in [0.15, 0.2) is 0 Å². The van der Waals surface area contributed by atoms with Gasteiger partial charge in [0.25, 0.3) is 11.1 Å². The molecule has 0 saturated carbocycles. The maximum absolute atomic E-state index is 12.4. The highest BCUT2D eigenvalue weighted by Gasteiger charge is 2.22. The number of benzene rings is 1. The van der Waals surface area contributed by atoms with Gasteiger partial charge < -0.3 is 10.6 Å². The van der Waals surface area contributed by atoms with E-state index in [1.807, 2.05) is 0 Å². The topological polar surface area (TPSA) is 96.0 Å². The summed E-state index contributed by atoms with van der Waals surface area (Å²) < 4.78 is 1.22. The zero-order valence-electron chi connectivity index (χ0n) is 14.1. The van der Waals surface area contributed by atoms with Gasteiger partial charge in [-0.05, 0) is 37.6 Å². The van der Waals surface area contributed by atoms with Crippen molar-refractivity contribution in [3.63, 3.8) is 0 Å². The minimum atomic E-state index is -0.322. The van der Waals surface area contributed by atoms with Gasteiger partial charge in [-0.2, -0.15) is 0 Å². The Hall–Kier alpha value is -2.12. The first-order valence-corrected chi connectivity index (χ1v) is 8.28. The molecule has 1 aromatic carbocycles. The summed E-state index contributed by atoms with van der Waals surface area (Å²) in [6.07, 6.45) is 1.06. The summed E-state index contributed by atoms with van der Waals surface area (Å²) in [6, 6.07) is 6.84. The van der Waals surface area contributed by atoms with E-state index in [0.29, 0.717) is 16.7 Å². The maximum atomic E-state index is 12.4. The quantitative estimate of drug-likeness (QED) is 0.739. The van der Waals surface area contributed by atoms with Crippen LogP contribution in [0.2, 0.25) is 0 Å². The highest BCUT2D eigenvalue weighted by molar-refractivity contribution is 5.85. The average molecular weight is 367 g/mol. The molecule has 0 aliphatic carbocycles. The van der Waals surface area contributed by atoms with E-state index >= 15 is 0 Å². The summed E-state index contributed by atoms with van der Waals surface area (Å²) in [4.78, 5) is 36.6. The van der Waals surface area contributed by atoms with Crippen molar-refractivity contribution in [1.29, 1.82) is 0 Å². The number of aromatic amines is 1. The van der Waals surface area contributed by atoms with E-state index in [4.69, 9.17) is 0 Å². The van der Waals surface area contributed by atoms with Gasteiger partial charge in [0, 0.05) is 12.5 Å². The number of hydrogen-bond acceptors (Lipinski definition) is 4. The average Bonchev–Trinajstić information content (AvgIpc) is 2.59. The number of aromatic nitrogens is 2. The minimum Gasteiger partial charge on any atom is -0.353 e. The molecule has 0 bridgehead atoms. The molecule has 0 spiro atoms. The zero-order chi connectivity index (χ0) is 17.1. The molecule has 1 amide bonds. The first kappa shape index (κ1) is 19.2. The molecular weight excluding hydrogens is 344 g/mol. The van der Waals surface area contributed by atoms with Crippen LogP contribution in [0.5, 0.6) is 0 Å². The molecule has 1 aliphatic heterocycles. The van der Waals surface area contributed by atoms with E-state index in [9.17, 15) is 14.4 Å². The molecule has 1 aromatic heterocycles. The van der Waals surface area contributed by atoms with Gasteiger partial charge in [-0.1, -0.05) is 19.1 Å². The Bertz CT molecular complexity index is 861. The van der Waals surface area contributed by atoms with Gasteiger partial charge in [0.1, 0.15) is 0 Å². The standard InChI is InChI=1S/C17H22N4O3.ClH/c1-11-10-18-8-6-14(11)19-15(22)7-9-21-17(24)13-5-3-2-4-12(13)16(23)20-21;/h2-5,11,14,18H,6-10H2,1H3,(H,19,22)(H,20,23);1H.